The average Bonchev–Trinajstić information content (AvgIpc) is 2.76. The molecule has 18 heavy (non-hydrogen) atoms. The molecule has 100 valence electrons. The van der Waals surface area contributed by atoms with Gasteiger partial charge in [-0.25, -0.2) is 4.98 Å². The van der Waals surface area contributed by atoms with Gasteiger partial charge < -0.3 is 10.0 Å². The summed E-state index contributed by atoms with van der Waals surface area (Å²) in [5.41, 5.74) is 0.346. The first-order valence-corrected chi connectivity index (χ1v) is 6.80. The van der Waals surface area contributed by atoms with Crippen LogP contribution >= 0.6 is 11.3 Å². The first kappa shape index (κ1) is 14.6. The first-order valence-electron chi connectivity index (χ1n) is 5.92. The molecule has 0 aliphatic rings. The molecule has 0 aliphatic carbocycles. The monoisotopic (exact) mass is 270 g/mol. The van der Waals surface area contributed by atoms with Crippen molar-refractivity contribution in [2.24, 2.45) is 0 Å². The molecule has 0 aromatic carbocycles. The fourth-order valence-corrected chi connectivity index (χ4v) is 2.31. The maximum atomic E-state index is 12.1. The number of aliphatic carboxylic acids is 1. The third-order valence-electron chi connectivity index (χ3n) is 2.34. The van der Waals surface area contributed by atoms with Crippen LogP contribution in [0.5, 0.6) is 0 Å². The third kappa shape index (κ3) is 3.80. The second kappa shape index (κ2) is 6.49. The highest BCUT2D eigenvalue weighted by Gasteiger charge is 2.20. The number of carboxylic acids is 1. The highest BCUT2D eigenvalue weighted by atomic mass is 32.1. The summed E-state index contributed by atoms with van der Waals surface area (Å²) < 4.78 is 0. The maximum absolute atomic E-state index is 12.1. The molecule has 0 radical (unpaired) electrons. The quantitative estimate of drug-likeness (QED) is 0.860. The molecule has 0 unspecified atom stereocenters. The highest BCUT2D eigenvalue weighted by Crippen LogP contribution is 2.20. The van der Waals surface area contributed by atoms with E-state index in [1.807, 2.05) is 20.8 Å². The molecule has 1 aromatic rings. The minimum absolute atomic E-state index is 0.274. The van der Waals surface area contributed by atoms with E-state index in [4.69, 9.17) is 5.11 Å². The van der Waals surface area contributed by atoms with Crippen molar-refractivity contribution in [3.8, 4) is 0 Å². The Bertz CT molecular complexity index is 429. The topological polar surface area (TPSA) is 70.5 Å². The van der Waals surface area contributed by atoms with Crippen LogP contribution < -0.4 is 0 Å². The van der Waals surface area contributed by atoms with Crippen LogP contribution in [0, 0.1) is 0 Å². The maximum Gasteiger partial charge on any atom is 0.323 e. The lowest BCUT2D eigenvalue weighted by Gasteiger charge is -2.18. The third-order valence-corrected chi connectivity index (χ3v) is 3.49. The summed E-state index contributed by atoms with van der Waals surface area (Å²) in [6.45, 7) is 6.08. The predicted molar refractivity (Wildman–Crippen MR) is 70.0 cm³/mol. The van der Waals surface area contributed by atoms with Crippen LogP contribution in [0.1, 0.15) is 48.6 Å². The lowest BCUT2D eigenvalue weighted by Crippen LogP contribution is -2.36. The largest absolute Gasteiger partial charge is 0.480 e. The molecule has 1 rings (SSSR count). The predicted octanol–water partition coefficient (Wildman–Crippen LogP) is 2.20. The molecular weight excluding hydrogens is 252 g/mol. The van der Waals surface area contributed by atoms with Gasteiger partial charge in [-0.05, 0) is 6.42 Å². The minimum Gasteiger partial charge on any atom is -0.480 e. The van der Waals surface area contributed by atoms with Crippen molar-refractivity contribution in [3.05, 3.63) is 16.1 Å². The van der Waals surface area contributed by atoms with E-state index >= 15 is 0 Å². The van der Waals surface area contributed by atoms with E-state index in [0.717, 1.165) is 11.4 Å². The van der Waals surface area contributed by atoms with Crippen LogP contribution in [0.4, 0.5) is 0 Å². The van der Waals surface area contributed by atoms with Crippen molar-refractivity contribution in [1.82, 2.24) is 9.88 Å². The van der Waals surface area contributed by atoms with Gasteiger partial charge in [-0.3, -0.25) is 9.59 Å². The number of thiazole rings is 1. The van der Waals surface area contributed by atoms with Gasteiger partial charge in [-0.2, -0.15) is 0 Å². The van der Waals surface area contributed by atoms with E-state index in [2.05, 4.69) is 4.98 Å². The molecule has 0 aliphatic heterocycles. The summed E-state index contributed by atoms with van der Waals surface area (Å²) in [6.07, 6.45) is 0.722. The van der Waals surface area contributed by atoms with Gasteiger partial charge in [0.05, 0.1) is 5.01 Å². The fraction of sp³-hybridized carbons (Fsp3) is 0.583. The molecule has 5 nitrogen and oxygen atoms in total. The summed E-state index contributed by atoms with van der Waals surface area (Å²) >= 11 is 1.43. The van der Waals surface area contributed by atoms with Gasteiger partial charge in [0.2, 0.25) is 0 Å². The van der Waals surface area contributed by atoms with Crippen LogP contribution in [-0.2, 0) is 4.79 Å². The molecule has 1 heterocycles. The van der Waals surface area contributed by atoms with Crippen molar-refractivity contribution in [1.29, 1.82) is 0 Å². The Labute approximate surface area is 110 Å². The molecule has 0 atom stereocenters. The van der Waals surface area contributed by atoms with Gasteiger partial charge in [0, 0.05) is 17.8 Å². The zero-order valence-corrected chi connectivity index (χ0v) is 11.7. The molecule has 0 saturated heterocycles. The van der Waals surface area contributed by atoms with Gasteiger partial charge in [-0.15, -0.1) is 11.3 Å². The molecule has 6 heteroatoms. The fourth-order valence-electron chi connectivity index (χ4n) is 1.50. The van der Waals surface area contributed by atoms with E-state index < -0.39 is 5.97 Å². The van der Waals surface area contributed by atoms with Gasteiger partial charge in [0.15, 0.2) is 0 Å². The van der Waals surface area contributed by atoms with E-state index in [0.29, 0.717) is 12.2 Å². The number of carboxylic acid groups (broad SMARTS) is 1. The lowest BCUT2D eigenvalue weighted by molar-refractivity contribution is -0.137. The standard InChI is InChI=1S/C12H18N2O3S/c1-4-5-14(6-10(15)16)12(17)9-7-18-11(13-9)8(2)3/h7-8H,4-6H2,1-3H3,(H,15,16). The van der Waals surface area contributed by atoms with Crippen LogP contribution in [0.2, 0.25) is 0 Å². The summed E-state index contributed by atoms with van der Waals surface area (Å²) in [5, 5.41) is 11.4. The van der Waals surface area contributed by atoms with Crippen molar-refractivity contribution < 1.29 is 14.7 Å². The molecule has 0 bridgehead atoms. The van der Waals surface area contributed by atoms with Crippen LogP contribution in [-0.4, -0.2) is 40.0 Å². The van der Waals surface area contributed by atoms with Crippen LogP contribution in [0.15, 0.2) is 5.38 Å². The minimum atomic E-state index is -1.00. The zero-order chi connectivity index (χ0) is 13.7. The molecule has 0 saturated carbocycles. The van der Waals surface area contributed by atoms with Gasteiger partial charge in [-0.1, -0.05) is 20.8 Å². The Morgan fingerprint density at radius 3 is 2.61 bits per heavy atom. The number of nitrogens with zero attached hydrogens (tertiary/aromatic N) is 2. The Balaban J connectivity index is 2.83. The van der Waals surface area contributed by atoms with Crippen molar-refractivity contribution in [2.75, 3.05) is 13.1 Å². The summed E-state index contributed by atoms with van der Waals surface area (Å²) in [5.74, 6) is -1.03. The smallest absolute Gasteiger partial charge is 0.323 e. The summed E-state index contributed by atoms with van der Waals surface area (Å²) in [7, 11) is 0. The van der Waals surface area contributed by atoms with Gasteiger partial charge in [0.25, 0.3) is 5.91 Å². The molecular formula is C12H18N2O3S. The van der Waals surface area contributed by atoms with Gasteiger partial charge in [0.1, 0.15) is 12.2 Å². The normalized spacial score (nSPS) is 10.7. The molecule has 1 N–H and O–H groups in total. The lowest BCUT2D eigenvalue weighted by atomic mass is 10.2. The Morgan fingerprint density at radius 1 is 1.50 bits per heavy atom. The number of carbonyl (C=O) groups excluding carboxylic acids is 1. The number of carbonyl (C=O) groups is 2. The Kier molecular flexibility index (Phi) is 5.27. The van der Waals surface area contributed by atoms with Gasteiger partial charge >= 0.3 is 5.97 Å². The van der Waals surface area contributed by atoms with Crippen LogP contribution in [0.25, 0.3) is 0 Å². The Morgan fingerprint density at radius 2 is 2.17 bits per heavy atom. The first-order chi connectivity index (χ1) is 8.45. The molecule has 1 aromatic heterocycles. The molecule has 0 fully saturated rings. The van der Waals surface area contributed by atoms with E-state index in [-0.39, 0.29) is 18.4 Å². The number of aromatic nitrogens is 1. The number of amides is 1. The zero-order valence-electron chi connectivity index (χ0n) is 10.8. The second-order valence-electron chi connectivity index (χ2n) is 4.35. The summed E-state index contributed by atoms with van der Waals surface area (Å²) in [6, 6.07) is 0. The molecule has 0 spiro atoms. The van der Waals surface area contributed by atoms with E-state index in [1.165, 1.54) is 16.2 Å². The molecule has 1 amide bonds. The number of hydrogen-bond acceptors (Lipinski definition) is 4. The summed E-state index contributed by atoms with van der Waals surface area (Å²) in [4.78, 5) is 28.4. The average molecular weight is 270 g/mol. The van der Waals surface area contributed by atoms with Crippen molar-refractivity contribution in [3.63, 3.8) is 0 Å². The number of hydrogen-bond donors (Lipinski definition) is 1. The van der Waals surface area contributed by atoms with Crippen molar-refractivity contribution in [2.45, 2.75) is 33.1 Å². The SMILES string of the molecule is CCCN(CC(=O)O)C(=O)c1csc(C(C)C)n1. The van der Waals surface area contributed by atoms with Crippen molar-refractivity contribution >= 4 is 23.2 Å². The highest BCUT2D eigenvalue weighted by molar-refractivity contribution is 7.09. The van der Waals surface area contributed by atoms with E-state index in [9.17, 15) is 9.59 Å². The Hall–Kier alpha value is -1.43. The number of rotatable bonds is 6. The van der Waals surface area contributed by atoms with E-state index in [1.54, 1.807) is 5.38 Å². The second-order valence-corrected chi connectivity index (χ2v) is 5.24. The van der Waals surface area contributed by atoms with Crippen LogP contribution in [0.3, 0.4) is 0 Å².